The van der Waals surface area contributed by atoms with E-state index >= 15 is 0 Å². The van der Waals surface area contributed by atoms with Crippen molar-refractivity contribution in [3.05, 3.63) is 53.9 Å². The van der Waals surface area contributed by atoms with Crippen molar-refractivity contribution in [1.82, 2.24) is 15.2 Å². The van der Waals surface area contributed by atoms with Crippen LogP contribution < -0.4 is 5.19 Å². The van der Waals surface area contributed by atoms with Gasteiger partial charge in [-0.3, -0.25) is 10.1 Å². The van der Waals surface area contributed by atoms with Crippen molar-refractivity contribution in [2.24, 2.45) is 5.92 Å². The fourth-order valence-electron chi connectivity index (χ4n) is 3.25. The van der Waals surface area contributed by atoms with E-state index < -0.39 is 19.9 Å². The third-order valence-electron chi connectivity index (χ3n) is 4.83. The molecule has 3 nitrogen and oxygen atoms in total. The molecule has 0 amide bonds. The first-order chi connectivity index (χ1) is 13.4. The molecule has 1 N–H and O–H groups in total. The highest BCUT2D eigenvalue weighted by Gasteiger charge is 2.33. The molecule has 3 rings (SSSR count). The summed E-state index contributed by atoms with van der Waals surface area (Å²) in [6, 6.07) is 11.5. The number of nitrogens with one attached hydrogen (secondary N) is 1. The van der Waals surface area contributed by atoms with E-state index in [2.05, 4.69) is 72.9 Å². The van der Waals surface area contributed by atoms with Crippen LogP contribution in [0.5, 0.6) is 0 Å². The van der Waals surface area contributed by atoms with Crippen LogP contribution in [0, 0.1) is 5.92 Å². The number of pyridine rings is 1. The lowest BCUT2D eigenvalue weighted by Crippen LogP contribution is -2.37. The Bertz CT molecular complexity index is 984. The van der Waals surface area contributed by atoms with Gasteiger partial charge < -0.3 is 0 Å². The molecule has 2 aromatic heterocycles. The predicted octanol–water partition coefficient (Wildman–Crippen LogP) is 5.90. The van der Waals surface area contributed by atoms with Crippen LogP contribution >= 0.6 is 0 Å². The third-order valence-corrected chi connectivity index (χ3v) is 6.89. The number of rotatable bonds is 5. The topological polar surface area (TPSA) is 41.6 Å². The van der Waals surface area contributed by atoms with E-state index in [1.54, 1.807) is 6.20 Å². The van der Waals surface area contributed by atoms with Gasteiger partial charge in [0, 0.05) is 11.8 Å². The first kappa shape index (κ1) is 21.3. The van der Waals surface area contributed by atoms with Gasteiger partial charge in [0.2, 0.25) is 0 Å². The highest BCUT2D eigenvalue weighted by molar-refractivity contribution is 6.88. The summed E-state index contributed by atoms with van der Waals surface area (Å²) in [5, 5.41) is 7.25. The molecule has 0 bridgehead atoms. The van der Waals surface area contributed by atoms with E-state index in [-0.39, 0.29) is 5.69 Å². The van der Waals surface area contributed by atoms with Crippen molar-refractivity contribution >= 4 is 13.3 Å². The lowest BCUT2D eigenvalue weighted by Gasteiger charge is -2.18. The summed E-state index contributed by atoms with van der Waals surface area (Å²) in [7, 11) is -1.38. The maximum atomic E-state index is 12.9. The normalized spacial score (nSPS) is 12.6. The predicted molar refractivity (Wildman–Crippen MR) is 114 cm³/mol. The Labute approximate surface area is 170 Å². The molecule has 0 aliphatic carbocycles. The molecule has 0 spiro atoms. The van der Waals surface area contributed by atoms with Gasteiger partial charge in [-0.1, -0.05) is 62.9 Å². The van der Waals surface area contributed by atoms with E-state index in [4.69, 9.17) is 0 Å². The summed E-state index contributed by atoms with van der Waals surface area (Å²) >= 11 is 0. The third kappa shape index (κ3) is 4.96. The van der Waals surface area contributed by atoms with Crippen molar-refractivity contribution in [1.29, 1.82) is 0 Å². The van der Waals surface area contributed by atoms with Crippen molar-refractivity contribution in [2.45, 2.75) is 46.1 Å². The Balaban J connectivity index is 2.01. The zero-order valence-corrected chi connectivity index (χ0v) is 18.4. The van der Waals surface area contributed by atoms with Crippen LogP contribution in [-0.2, 0) is 12.6 Å². The standard InChI is InChI=1S/C22H26F3N3Si/c1-14(2)10-16-11-19(20-12-21(28-27-20)22(23,24)25)26-13-18(16)15-6-8-17(9-7-15)29(3,4)5/h6-9,11-14H,10H2,1-5H3,(H,27,28). The minimum Gasteiger partial charge on any atom is -0.273 e. The molecule has 2 heterocycles. The summed E-state index contributed by atoms with van der Waals surface area (Å²) in [6.45, 7) is 11.2. The van der Waals surface area contributed by atoms with E-state index in [1.165, 1.54) is 5.19 Å². The average Bonchev–Trinajstić information content (AvgIpc) is 3.11. The van der Waals surface area contributed by atoms with Crippen molar-refractivity contribution in [3.63, 3.8) is 0 Å². The molecule has 0 aliphatic rings. The van der Waals surface area contributed by atoms with Crippen LogP contribution in [0.4, 0.5) is 13.2 Å². The maximum Gasteiger partial charge on any atom is 0.432 e. The molecule has 0 atom stereocenters. The molecule has 0 aliphatic heterocycles. The van der Waals surface area contributed by atoms with Crippen molar-refractivity contribution in [2.75, 3.05) is 0 Å². The minimum atomic E-state index is -4.45. The molecule has 154 valence electrons. The Morgan fingerprint density at radius 3 is 2.17 bits per heavy atom. The fourth-order valence-corrected chi connectivity index (χ4v) is 4.42. The van der Waals surface area contributed by atoms with Crippen LogP contribution in [0.25, 0.3) is 22.5 Å². The fraction of sp³-hybridized carbons (Fsp3) is 0.364. The number of hydrogen-bond acceptors (Lipinski definition) is 2. The number of benzene rings is 1. The van der Waals surface area contributed by atoms with Gasteiger partial charge >= 0.3 is 6.18 Å². The lowest BCUT2D eigenvalue weighted by atomic mass is 9.94. The van der Waals surface area contributed by atoms with Crippen LogP contribution in [0.1, 0.15) is 25.1 Å². The number of alkyl halides is 3. The molecule has 0 radical (unpaired) electrons. The van der Waals surface area contributed by atoms with Gasteiger partial charge in [0.05, 0.1) is 13.8 Å². The molecule has 0 unspecified atom stereocenters. The summed E-state index contributed by atoms with van der Waals surface area (Å²) in [5.74, 6) is 0.398. The first-order valence-corrected chi connectivity index (χ1v) is 13.2. The zero-order valence-electron chi connectivity index (χ0n) is 17.4. The van der Waals surface area contributed by atoms with Gasteiger partial charge in [-0.05, 0) is 35.6 Å². The molecule has 0 saturated heterocycles. The SMILES string of the molecule is CC(C)Cc1cc(-c2cc(C(F)(F)F)[nH]n2)ncc1-c1ccc([Si](C)(C)C)cc1. The zero-order chi connectivity index (χ0) is 21.4. The molecule has 0 saturated carbocycles. The Kier molecular flexibility index (Phi) is 5.71. The molecule has 7 heteroatoms. The Morgan fingerprint density at radius 2 is 1.66 bits per heavy atom. The number of hydrogen-bond donors (Lipinski definition) is 1. The van der Waals surface area contributed by atoms with Gasteiger partial charge in [-0.15, -0.1) is 0 Å². The summed E-state index contributed by atoms with van der Waals surface area (Å²) in [6.07, 6.45) is -1.90. The highest BCUT2D eigenvalue weighted by Crippen LogP contribution is 2.32. The number of H-pyrrole nitrogens is 1. The van der Waals surface area contributed by atoms with Crippen molar-refractivity contribution in [3.8, 4) is 22.5 Å². The van der Waals surface area contributed by atoms with Crippen LogP contribution in [0.15, 0.2) is 42.6 Å². The van der Waals surface area contributed by atoms with Gasteiger partial charge in [0.15, 0.2) is 0 Å². The second kappa shape index (κ2) is 7.78. The van der Waals surface area contributed by atoms with Crippen LogP contribution in [0.3, 0.4) is 0 Å². The summed E-state index contributed by atoms with van der Waals surface area (Å²) in [5.41, 5.74) is 2.90. The smallest absolute Gasteiger partial charge is 0.273 e. The van der Waals surface area contributed by atoms with E-state index in [9.17, 15) is 13.2 Å². The van der Waals surface area contributed by atoms with Gasteiger partial charge in [-0.25, -0.2) is 0 Å². The second-order valence-corrected chi connectivity index (χ2v) is 13.9. The monoisotopic (exact) mass is 417 g/mol. The minimum absolute atomic E-state index is 0.197. The first-order valence-electron chi connectivity index (χ1n) is 9.68. The number of aromatic amines is 1. The molecular weight excluding hydrogens is 391 g/mol. The van der Waals surface area contributed by atoms with Gasteiger partial charge in [0.25, 0.3) is 0 Å². The molecule has 29 heavy (non-hydrogen) atoms. The Hall–Kier alpha value is -2.41. The highest BCUT2D eigenvalue weighted by atomic mass is 28.3. The number of nitrogens with zero attached hydrogens (tertiary/aromatic N) is 2. The summed E-state index contributed by atoms with van der Waals surface area (Å²) < 4.78 is 38.6. The second-order valence-electron chi connectivity index (χ2n) is 8.82. The van der Waals surface area contributed by atoms with E-state index in [0.717, 1.165) is 29.2 Å². The lowest BCUT2D eigenvalue weighted by molar-refractivity contribution is -0.141. The maximum absolute atomic E-state index is 12.9. The number of halogens is 3. The Morgan fingerprint density at radius 1 is 1.00 bits per heavy atom. The quantitative estimate of drug-likeness (QED) is 0.525. The molecule has 1 aromatic carbocycles. The molecule has 0 fully saturated rings. The van der Waals surface area contributed by atoms with Gasteiger partial charge in [0.1, 0.15) is 11.4 Å². The van der Waals surface area contributed by atoms with E-state index in [1.807, 2.05) is 6.07 Å². The van der Waals surface area contributed by atoms with Gasteiger partial charge in [-0.2, -0.15) is 18.3 Å². The molecule has 3 aromatic rings. The number of aromatic nitrogens is 3. The largest absolute Gasteiger partial charge is 0.432 e. The average molecular weight is 418 g/mol. The summed E-state index contributed by atoms with van der Waals surface area (Å²) in [4.78, 5) is 4.42. The van der Waals surface area contributed by atoms with E-state index in [0.29, 0.717) is 11.6 Å². The van der Waals surface area contributed by atoms with Crippen LogP contribution in [0.2, 0.25) is 19.6 Å². The van der Waals surface area contributed by atoms with Crippen molar-refractivity contribution < 1.29 is 13.2 Å². The van der Waals surface area contributed by atoms with Crippen LogP contribution in [-0.4, -0.2) is 23.3 Å². The molecular formula is C22H26F3N3Si.